The number of benzene rings is 3. The van der Waals surface area contributed by atoms with E-state index in [2.05, 4.69) is 10.4 Å². The van der Waals surface area contributed by atoms with Crippen LogP contribution in [0.4, 0.5) is 5.69 Å². The second-order valence-corrected chi connectivity index (χ2v) is 9.86. The van der Waals surface area contributed by atoms with Gasteiger partial charge in [-0.05, 0) is 72.9 Å². The molecule has 41 heavy (non-hydrogen) atoms. The van der Waals surface area contributed by atoms with Crippen LogP contribution in [0.15, 0.2) is 79.1 Å². The first-order valence-electron chi connectivity index (χ1n) is 13.4. The summed E-state index contributed by atoms with van der Waals surface area (Å²) in [5.74, 6) is -0.681. The number of rotatable bonds is 12. The van der Waals surface area contributed by atoms with Crippen molar-refractivity contribution in [1.82, 2.24) is 15.1 Å². The zero-order valence-corrected chi connectivity index (χ0v) is 23.5. The van der Waals surface area contributed by atoms with Crippen LogP contribution in [0.3, 0.4) is 0 Å². The molecular formula is C32H34N4O5. The number of aliphatic carboxylic acids is 1. The van der Waals surface area contributed by atoms with Crippen molar-refractivity contribution in [2.24, 2.45) is 0 Å². The van der Waals surface area contributed by atoms with Gasteiger partial charge in [0, 0.05) is 36.5 Å². The van der Waals surface area contributed by atoms with Gasteiger partial charge in [-0.15, -0.1) is 0 Å². The Morgan fingerprint density at radius 3 is 2.59 bits per heavy atom. The highest BCUT2D eigenvalue weighted by Gasteiger charge is 2.13. The standard InChI is InChI=1S/C32H34N4O5/c1-22-8-4-13-29(23(22)2)41-15-7-14-30(37)35(3)28-12-6-10-25(17-28)27-18-34-36(21-27)20-24-9-5-11-26(16-24)32(40)33-19-31(38)39/h4-6,8-13,16-18,21H,7,14-15,19-20H2,1-3H3,(H,33,40)(H,38,39). The van der Waals surface area contributed by atoms with Crippen molar-refractivity contribution in [2.75, 3.05) is 25.1 Å². The fourth-order valence-electron chi connectivity index (χ4n) is 4.35. The third kappa shape index (κ3) is 7.82. The van der Waals surface area contributed by atoms with Gasteiger partial charge in [0.25, 0.3) is 5.91 Å². The number of nitrogens with zero attached hydrogens (tertiary/aromatic N) is 3. The van der Waals surface area contributed by atoms with E-state index in [9.17, 15) is 14.4 Å². The molecule has 4 rings (SSSR count). The summed E-state index contributed by atoms with van der Waals surface area (Å²) in [6, 6.07) is 20.7. The number of carbonyl (C=O) groups excluding carboxylic acids is 2. The summed E-state index contributed by atoms with van der Waals surface area (Å²) in [5, 5.41) is 15.6. The molecule has 4 aromatic rings. The molecule has 9 heteroatoms. The van der Waals surface area contributed by atoms with Gasteiger partial charge in [0.2, 0.25) is 5.91 Å². The first-order chi connectivity index (χ1) is 19.7. The van der Waals surface area contributed by atoms with Crippen molar-refractivity contribution < 1.29 is 24.2 Å². The number of amides is 2. The molecule has 3 aromatic carbocycles. The number of carbonyl (C=O) groups is 3. The van der Waals surface area contributed by atoms with E-state index in [1.165, 1.54) is 5.56 Å². The summed E-state index contributed by atoms with van der Waals surface area (Å²) in [6.45, 7) is 4.55. The van der Waals surface area contributed by atoms with Gasteiger partial charge < -0.3 is 20.1 Å². The summed E-state index contributed by atoms with van der Waals surface area (Å²) >= 11 is 0. The number of carboxylic acids is 1. The van der Waals surface area contributed by atoms with Gasteiger partial charge in [0.05, 0.1) is 19.3 Å². The predicted molar refractivity (Wildman–Crippen MR) is 157 cm³/mol. The van der Waals surface area contributed by atoms with Crippen molar-refractivity contribution in [3.8, 4) is 16.9 Å². The Labute approximate surface area is 239 Å². The summed E-state index contributed by atoms with van der Waals surface area (Å²) < 4.78 is 7.66. The van der Waals surface area contributed by atoms with Crippen molar-refractivity contribution >= 4 is 23.5 Å². The lowest BCUT2D eigenvalue weighted by Gasteiger charge is -2.18. The predicted octanol–water partition coefficient (Wildman–Crippen LogP) is 4.85. The van der Waals surface area contributed by atoms with E-state index in [0.717, 1.165) is 33.7 Å². The molecule has 2 N–H and O–H groups in total. The molecule has 0 spiro atoms. The SMILES string of the molecule is Cc1cccc(OCCCC(=O)N(C)c2cccc(-c3cnn(Cc4cccc(C(=O)NCC(=O)O)c4)c3)c2)c1C. The van der Waals surface area contributed by atoms with Crippen LogP contribution in [0, 0.1) is 13.8 Å². The molecule has 0 saturated carbocycles. The smallest absolute Gasteiger partial charge is 0.322 e. The Kier molecular flexibility index (Phi) is 9.52. The van der Waals surface area contributed by atoms with Gasteiger partial charge in [-0.1, -0.05) is 36.4 Å². The van der Waals surface area contributed by atoms with Crippen LogP contribution in [0.5, 0.6) is 5.75 Å². The molecule has 0 radical (unpaired) electrons. The quantitative estimate of drug-likeness (QED) is 0.242. The Morgan fingerprint density at radius 2 is 1.78 bits per heavy atom. The molecule has 0 unspecified atom stereocenters. The summed E-state index contributed by atoms with van der Waals surface area (Å²) in [6.07, 6.45) is 4.65. The highest BCUT2D eigenvalue weighted by atomic mass is 16.5. The van der Waals surface area contributed by atoms with E-state index in [0.29, 0.717) is 31.6 Å². The number of nitrogens with one attached hydrogen (secondary N) is 1. The average Bonchev–Trinajstić information content (AvgIpc) is 3.44. The Hall–Kier alpha value is -4.92. The van der Waals surface area contributed by atoms with Crippen LogP contribution in [0.25, 0.3) is 11.1 Å². The molecule has 0 aliphatic heterocycles. The number of aromatic nitrogens is 2. The molecule has 0 fully saturated rings. The van der Waals surface area contributed by atoms with Crippen LogP contribution >= 0.6 is 0 Å². The van der Waals surface area contributed by atoms with Gasteiger partial charge in [0.15, 0.2) is 0 Å². The second kappa shape index (κ2) is 13.4. The highest BCUT2D eigenvalue weighted by Crippen LogP contribution is 2.25. The summed E-state index contributed by atoms with van der Waals surface area (Å²) in [5.41, 5.74) is 6.13. The fraction of sp³-hybridized carbons (Fsp3) is 0.250. The number of ether oxygens (including phenoxy) is 1. The molecule has 0 aliphatic carbocycles. The van der Waals surface area contributed by atoms with Gasteiger partial charge in [-0.3, -0.25) is 19.1 Å². The van der Waals surface area contributed by atoms with E-state index in [1.54, 1.807) is 41.0 Å². The van der Waals surface area contributed by atoms with Crippen molar-refractivity contribution in [3.05, 3.63) is 101 Å². The monoisotopic (exact) mass is 554 g/mol. The van der Waals surface area contributed by atoms with Crippen molar-refractivity contribution in [2.45, 2.75) is 33.2 Å². The maximum absolute atomic E-state index is 12.9. The third-order valence-corrected chi connectivity index (χ3v) is 6.86. The topological polar surface area (TPSA) is 114 Å². The lowest BCUT2D eigenvalue weighted by molar-refractivity contribution is -0.135. The van der Waals surface area contributed by atoms with Crippen LogP contribution in [0.1, 0.15) is 39.9 Å². The summed E-state index contributed by atoms with van der Waals surface area (Å²) in [7, 11) is 1.77. The summed E-state index contributed by atoms with van der Waals surface area (Å²) in [4.78, 5) is 37.5. The Bertz CT molecular complexity index is 1540. The molecule has 0 aliphatic rings. The average molecular weight is 555 g/mol. The first-order valence-corrected chi connectivity index (χ1v) is 13.4. The van der Waals surface area contributed by atoms with Gasteiger partial charge >= 0.3 is 5.97 Å². The number of hydrogen-bond donors (Lipinski definition) is 2. The van der Waals surface area contributed by atoms with E-state index in [-0.39, 0.29) is 5.91 Å². The third-order valence-electron chi connectivity index (χ3n) is 6.86. The Balaban J connectivity index is 1.34. The van der Waals surface area contributed by atoms with Gasteiger partial charge in [0.1, 0.15) is 12.3 Å². The first kappa shape index (κ1) is 29.1. The molecule has 0 bridgehead atoms. The zero-order valence-electron chi connectivity index (χ0n) is 23.5. The van der Waals surface area contributed by atoms with Gasteiger partial charge in [-0.2, -0.15) is 5.10 Å². The number of anilines is 1. The number of carboxylic acid groups (broad SMARTS) is 1. The van der Waals surface area contributed by atoms with E-state index in [1.807, 2.05) is 68.6 Å². The molecule has 0 atom stereocenters. The molecule has 1 heterocycles. The van der Waals surface area contributed by atoms with Gasteiger partial charge in [-0.25, -0.2) is 0 Å². The van der Waals surface area contributed by atoms with Crippen LogP contribution in [-0.2, 0) is 16.1 Å². The normalized spacial score (nSPS) is 10.7. The number of aryl methyl sites for hydroxylation is 1. The highest BCUT2D eigenvalue weighted by molar-refractivity contribution is 5.96. The second-order valence-electron chi connectivity index (χ2n) is 9.86. The lowest BCUT2D eigenvalue weighted by Crippen LogP contribution is -2.29. The maximum atomic E-state index is 12.9. The molecule has 212 valence electrons. The molecule has 9 nitrogen and oxygen atoms in total. The molecule has 0 saturated heterocycles. The molecular weight excluding hydrogens is 520 g/mol. The minimum absolute atomic E-state index is 0.00897. The van der Waals surface area contributed by atoms with E-state index < -0.39 is 18.4 Å². The van der Waals surface area contributed by atoms with E-state index in [4.69, 9.17) is 9.84 Å². The zero-order chi connectivity index (χ0) is 29.4. The van der Waals surface area contributed by atoms with Crippen LogP contribution < -0.4 is 15.0 Å². The Morgan fingerprint density at radius 1 is 1.00 bits per heavy atom. The fourth-order valence-corrected chi connectivity index (χ4v) is 4.35. The van der Waals surface area contributed by atoms with E-state index >= 15 is 0 Å². The minimum Gasteiger partial charge on any atom is -0.493 e. The molecule has 2 amide bonds. The van der Waals surface area contributed by atoms with Crippen LogP contribution in [-0.4, -0.2) is 52.9 Å². The lowest BCUT2D eigenvalue weighted by atomic mass is 10.1. The largest absolute Gasteiger partial charge is 0.493 e. The van der Waals surface area contributed by atoms with Crippen molar-refractivity contribution in [3.63, 3.8) is 0 Å². The van der Waals surface area contributed by atoms with Crippen molar-refractivity contribution in [1.29, 1.82) is 0 Å². The maximum Gasteiger partial charge on any atom is 0.322 e. The number of hydrogen-bond acceptors (Lipinski definition) is 5. The van der Waals surface area contributed by atoms with Crippen LogP contribution in [0.2, 0.25) is 0 Å². The molecule has 1 aromatic heterocycles. The minimum atomic E-state index is -1.10.